The molecule has 1 aliphatic heterocycles. The van der Waals surface area contributed by atoms with Crippen molar-refractivity contribution in [2.75, 3.05) is 13.7 Å². The first-order chi connectivity index (χ1) is 10.9. The SMILES string of the molecule is CCC(CC)N(CCC(=O)OC)C1=C([N+](=O)[O-])C=NC(Cl)C#C1. The van der Waals surface area contributed by atoms with Crippen LogP contribution < -0.4 is 0 Å². The zero-order chi connectivity index (χ0) is 17.4. The summed E-state index contributed by atoms with van der Waals surface area (Å²) in [5, 5.41) is 11.3. The minimum absolute atomic E-state index is 0.0131. The van der Waals surface area contributed by atoms with E-state index in [-0.39, 0.29) is 36.4 Å². The maximum absolute atomic E-state index is 11.5. The van der Waals surface area contributed by atoms with Gasteiger partial charge in [0.15, 0.2) is 11.2 Å². The first-order valence-electron chi connectivity index (χ1n) is 7.35. The number of hydrogen-bond donors (Lipinski definition) is 0. The van der Waals surface area contributed by atoms with Gasteiger partial charge in [0.05, 0.1) is 18.5 Å². The summed E-state index contributed by atoms with van der Waals surface area (Å²) in [4.78, 5) is 27.9. The Morgan fingerprint density at radius 3 is 2.74 bits per heavy atom. The second kappa shape index (κ2) is 9.16. The monoisotopic (exact) mass is 341 g/mol. The van der Waals surface area contributed by atoms with Gasteiger partial charge < -0.3 is 9.64 Å². The lowest BCUT2D eigenvalue weighted by molar-refractivity contribution is -0.416. The van der Waals surface area contributed by atoms with Crippen molar-refractivity contribution in [3.63, 3.8) is 0 Å². The zero-order valence-electron chi connectivity index (χ0n) is 13.4. The molecule has 0 fully saturated rings. The summed E-state index contributed by atoms with van der Waals surface area (Å²) < 4.78 is 4.65. The molecule has 0 spiro atoms. The van der Waals surface area contributed by atoms with Crippen molar-refractivity contribution in [2.24, 2.45) is 4.99 Å². The van der Waals surface area contributed by atoms with Crippen LogP contribution in [0, 0.1) is 22.0 Å². The number of aliphatic imine (C=N–C) groups is 1. The molecule has 1 heterocycles. The van der Waals surface area contributed by atoms with Crippen LogP contribution in [0.3, 0.4) is 0 Å². The second-order valence-corrected chi connectivity index (χ2v) is 5.28. The fourth-order valence-electron chi connectivity index (χ4n) is 2.30. The molecule has 0 aliphatic carbocycles. The van der Waals surface area contributed by atoms with Gasteiger partial charge in [-0.05, 0) is 18.8 Å². The van der Waals surface area contributed by atoms with Crippen LogP contribution in [0.1, 0.15) is 33.1 Å². The van der Waals surface area contributed by atoms with Gasteiger partial charge in [-0.3, -0.25) is 19.9 Å². The number of allylic oxidation sites excluding steroid dienone is 2. The molecule has 0 N–H and O–H groups in total. The second-order valence-electron chi connectivity index (χ2n) is 4.86. The van der Waals surface area contributed by atoms with E-state index in [1.165, 1.54) is 7.11 Å². The largest absolute Gasteiger partial charge is 0.469 e. The molecule has 0 aromatic rings. The number of nitro groups is 1. The van der Waals surface area contributed by atoms with E-state index in [1.54, 1.807) is 4.90 Å². The number of hydrogen-bond acceptors (Lipinski definition) is 6. The molecule has 0 radical (unpaired) electrons. The predicted molar refractivity (Wildman–Crippen MR) is 87.6 cm³/mol. The van der Waals surface area contributed by atoms with E-state index in [2.05, 4.69) is 21.6 Å². The molecule has 0 aromatic heterocycles. The molecule has 1 aliphatic rings. The van der Waals surface area contributed by atoms with Gasteiger partial charge in [-0.15, -0.1) is 0 Å². The number of rotatable bonds is 8. The van der Waals surface area contributed by atoms with Crippen molar-refractivity contribution in [1.29, 1.82) is 0 Å². The van der Waals surface area contributed by atoms with Crippen LogP contribution in [-0.2, 0) is 9.53 Å². The van der Waals surface area contributed by atoms with E-state index in [1.807, 2.05) is 13.8 Å². The first-order valence-corrected chi connectivity index (χ1v) is 7.79. The van der Waals surface area contributed by atoms with E-state index in [4.69, 9.17) is 11.6 Å². The van der Waals surface area contributed by atoms with Gasteiger partial charge in [0.25, 0.3) is 0 Å². The molecule has 8 heteroatoms. The van der Waals surface area contributed by atoms with Gasteiger partial charge in [0.2, 0.25) is 0 Å². The molecule has 23 heavy (non-hydrogen) atoms. The summed E-state index contributed by atoms with van der Waals surface area (Å²) >= 11 is 5.84. The highest BCUT2D eigenvalue weighted by Crippen LogP contribution is 2.20. The van der Waals surface area contributed by atoms with Crippen LogP contribution in [0.2, 0.25) is 0 Å². The Morgan fingerprint density at radius 2 is 2.22 bits per heavy atom. The fraction of sp³-hybridized carbons (Fsp3) is 0.600. The number of esters is 1. The number of carbonyl (C=O) groups is 1. The molecule has 0 saturated heterocycles. The highest BCUT2D eigenvalue weighted by atomic mass is 35.5. The Labute approximate surface area is 140 Å². The summed E-state index contributed by atoms with van der Waals surface area (Å²) in [5.41, 5.74) is -0.802. The first kappa shape index (κ1) is 19.0. The van der Waals surface area contributed by atoms with Gasteiger partial charge in [-0.25, -0.2) is 0 Å². The lowest BCUT2D eigenvalue weighted by atomic mass is 10.1. The third kappa shape index (κ3) is 5.25. The molecule has 1 unspecified atom stereocenters. The molecule has 126 valence electrons. The maximum Gasteiger partial charge on any atom is 0.318 e. The average Bonchev–Trinajstić information content (AvgIpc) is 2.73. The van der Waals surface area contributed by atoms with E-state index in [0.717, 1.165) is 19.1 Å². The standard InChI is InChI=1S/C15H20ClN3O4/c1-4-11(5-2)18(9-8-15(20)23-3)12-6-7-14(16)17-10-13(12)19(21)22/h10-11,14H,4-5,8-9H2,1-3H3. The van der Waals surface area contributed by atoms with Crippen LogP contribution in [0.15, 0.2) is 16.4 Å². The Morgan fingerprint density at radius 1 is 1.57 bits per heavy atom. The molecule has 1 rings (SSSR count). The summed E-state index contributed by atoms with van der Waals surface area (Å²) in [5.74, 6) is 5.04. The van der Waals surface area contributed by atoms with Crippen molar-refractivity contribution >= 4 is 23.8 Å². The molecular weight excluding hydrogens is 322 g/mol. The van der Waals surface area contributed by atoms with Crippen molar-refractivity contribution < 1.29 is 14.5 Å². The number of nitrogens with zero attached hydrogens (tertiary/aromatic N) is 3. The van der Waals surface area contributed by atoms with Crippen molar-refractivity contribution in [3.05, 3.63) is 21.5 Å². The van der Waals surface area contributed by atoms with E-state index in [0.29, 0.717) is 0 Å². The number of methoxy groups -OCH3 is 1. The van der Waals surface area contributed by atoms with Crippen LogP contribution in [0.25, 0.3) is 0 Å². The van der Waals surface area contributed by atoms with Gasteiger partial charge in [0.1, 0.15) is 6.21 Å². The summed E-state index contributed by atoms with van der Waals surface area (Å²) in [6.45, 7) is 4.24. The summed E-state index contributed by atoms with van der Waals surface area (Å²) in [6, 6.07) is 0.0131. The van der Waals surface area contributed by atoms with Crippen LogP contribution >= 0.6 is 11.6 Å². The van der Waals surface area contributed by atoms with E-state index < -0.39 is 10.4 Å². The fourth-order valence-corrected chi connectivity index (χ4v) is 2.41. The predicted octanol–water partition coefficient (Wildman–Crippen LogP) is 2.18. The lowest BCUT2D eigenvalue weighted by Crippen LogP contribution is -2.36. The van der Waals surface area contributed by atoms with E-state index in [9.17, 15) is 14.9 Å². The van der Waals surface area contributed by atoms with Crippen molar-refractivity contribution in [2.45, 2.75) is 44.7 Å². The van der Waals surface area contributed by atoms with Gasteiger partial charge in [-0.1, -0.05) is 31.4 Å². The van der Waals surface area contributed by atoms with Gasteiger partial charge >= 0.3 is 11.7 Å². The molecular formula is C15H20ClN3O4. The Kier molecular flexibility index (Phi) is 7.55. The van der Waals surface area contributed by atoms with Gasteiger partial charge in [-0.2, -0.15) is 0 Å². The Hall–Kier alpha value is -2.07. The molecule has 7 nitrogen and oxygen atoms in total. The van der Waals surface area contributed by atoms with Gasteiger partial charge in [0, 0.05) is 12.6 Å². The van der Waals surface area contributed by atoms with E-state index >= 15 is 0 Å². The van der Waals surface area contributed by atoms with Crippen LogP contribution in [0.5, 0.6) is 0 Å². The van der Waals surface area contributed by atoms with Crippen molar-refractivity contribution in [1.82, 2.24) is 4.90 Å². The highest BCUT2D eigenvalue weighted by Gasteiger charge is 2.27. The minimum atomic E-state index is -0.827. The third-order valence-corrected chi connectivity index (χ3v) is 3.75. The van der Waals surface area contributed by atoms with Crippen LogP contribution in [0.4, 0.5) is 0 Å². The number of carbonyl (C=O) groups excluding carboxylic acids is 1. The highest BCUT2D eigenvalue weighted by molar-refractivity contribution is 6.22. The number of ether oxygens (including phenoxy) is 1. The molecule has 0 saturated carbocycles. The topological polar surface area (TPSA) is 85.0 Å². The van der Waals surface area contributed by atoms with Crippen LogP contribution in [-0.4, -0.2) is 47.2 Å². The average molecular weight is 342 g/mol. The molecule has 0 aromatic carbocycles. The zero-order valence-corrected chi connectivity index (χ0v) is 14.2. The lowest BCUT2D eigenvalue weighted by Gasteiger charge is -2.31. The molecule has 0 bridgehead atoms. The Bertz CT molecular complexity index is 573. The smallest absolute Gasteiger partial charge is 0.318 e. The molecule has 1 atom stereocenters. The quantitative estimate of drug-likeness (QED) is 0.169. The normalized spacial score (nSPS) is 16.7. The maximum atomic E-state index is 11.5. The Balaban J connectivity index is 3.27. The third-order valence-electron chi connectivity index (χ3n) is 3.53. The summed E-state index contributed by atoms with van der Waals surface area (Å²) in [7, 11) is 1.31. The van der Waals surface area contributed by atoms with Crippen molar-refractivity contribution in [3.8, 4) is 11.8 Å². The summed E-state index contributed by atoms with van der Waals surface area (Å²) in [6.07, 6.45) is 2.75. The number of halogens is 1. The number of alkyl halides is 1. The minimum Gasteiger partial charge on any atom is -0.469 e. The molecule has 0 amide bonds.